The Hall–Kier alpha value is -0.940. The number of aromatic nitrogens is 2. The molecule has 0 radical (unpaired) electrons. The zero-order valence-corrected chi connectivity index (χ0v) is 11.7. The number of hydrogen-bond donors (Lipinski definition) is 0. The number of benzene rings is 1. The first-order valence-electron chi connectivity index (χ1n) is 5.07. The van der Waals surface area contributed by atoms with Crippen LogP contribution in [-0.4, -0.2) is 23.6 Å². The first kappa shape index (κ1) is 12.5. The third kappa shape index (κ3) is 2.21. The highest BCUT2D eigenvalue weighted by Crippen LogP contribution is 2.32. The molecule has 0 N–H and O–H groups in total. The second-order valence-electron chi connectivity index (χ2n) is 3.58. The smallest absolute Gasteiger partial charge is 0.225 e. The molecule has 2 aromatic rings. The molecule has 0 unspecified atom stereocenters. The Labute approximate surface area is 112 Å². The molecule has 0 fully saturated rings. The van der Waals surface area contributed by atoms with Gasteiger partial charge in [-0.25, -0.2) is 9.37 Å². The van der Waals surface area contributed by atoms with Gasteiger partial charge in [-0.1, -0.05) is 0 Å². The molecule has 0 bridgehead atoms. The summed E-state index contributed by atoms with van der Waals surface area (Å²) >= 11 is 9.21. The first-order valence-corrected chi connectivity index (χ1v) is 6.24. The number of nitrogens with zero attached hydrogens (tertiary/aromatic N) is 3. The Morgan fingerprint density at radius 3 is 2.76 bits per heavy atom. The van der Waals surface area contributed by atoms with E-state index in [4.69, 9.17) is 11.6 Å². The summed E-state index contributed by atoms with van der Waals surface area (Å²) < 4.78 is 14.5. The lowest BCUT2D eigenvalue weighted by molar-refractivity contribution is 0.636. The molecule has 90 valence electrons. The quantitative estimate of drug-likeness (QED) is 0.792. The van der Waals surface area contributed by atoms with Crippen LogP contribution in [0.5, 0.6) is 0 Å². The molecule has 0 spiro atoms. The largest absolute Gasteiger partial charge is 0.359 e. The Morgan fingerprint density at radius 1 is 1.41 bits per heavy atom. The van der Waals surface area contributed by atoms with Crippen LogP contribution in [0.15, 0.2) is 16.6 Å². The van der Waals surface area contributed by atoms with Crippen molar-refractivity contribution in [2.24, 2.45) is 0 Å². The maximum absolute atomic E-state index is 13.7. The topological polar surface area (TPSA) is 29.0 Å². The van der Waals surface area contributed by atoms with Gasteiger partial charge in [-0.3, -0.25) is 0 Å². The highest BCUT2D eigenvalue weighted by Gasteiger charge is 2.15. The van der Waals surface area contributed by atoms with E-state index in [0.29, 0.717) is 11.2 Å². The lowest BCUT2D eigenvalue weighted by atomic mass is 10.2. The van der Waals surface area contributed by atoms with Crippen molar-refractivity contribution < 1.29 is 4.39 Å². The van der Waals surface area contributed by atoms with Gasteiger partial charge in [0, 0.05) is 18.1 Å². The van der Waals surface area contributed by atoms with Gasteiger partial charge in [-0.15, -0.1) is 0 Å². The lowest BCUT2D eigenvalue weighted by Gasteiger charge is -2.18. The van der Waals surface area contributed by atoms with Gasteiger partial charge in [0.1, 0.15) is 17.2 Å². The summed E-state index contributed by atoms with van der Waals surface area (Å²) in [5, 5.41) is 0.684. The summed E-state index contributed by atoms with van der Waals surface area (Å²) in [7, 11) is 1.87. The molecule has 17 heavy (non-hydrogen) atoms. The third-order valence-corrected chi connectivity index (χ3v) is 3.37. The number of halogens is 3. The number of rotatable bonds is 2. The van der Waals surface area contributed by atoms with E-state index in [1.54, 1.807) is 6.07 Å². The predicted octanol–water partition coefficient (Wildman–Crippen LogP) is 3.64. The van der Waals surface area contributed by atoms with E-state index in [1.807, 2.05) is 18.9 Å². The van der Waals surface area contributed by atoms with E-state index in [2.05, 4.69) is 25.9 Å². The van der Waals surface area contributed by atoms with Crippen molar-refractivity contribution in [3.8, 4) is 0 Å². The Kier molecular flexibility index (Phi) is 3.49. The molecule has 6 heteroatoms. The van der Waals surface area contributed by atoms with Crippen molar-refractivity contribution in [3.05, 3.63) is 27.7 Å². The third-order valence-electron chi connectivity index (χ3n) is 2.54. The molecule has 0 aliphatic rings. The molecule has 0 aliphatic carbocycles. The first-order chi connectivity index (χ1) is 8.04. The highest BCUT2D eigenvalue weighted by atomic mass is 79.9. The Morgan fingerprint density at radius 2 is 2.12 bits per heavy atom. The van der Waals surface area contributed by atoms with Gasteiger partial charge in [0.25, 0.3) is 0 Å². The zero-order valence-electron chi connectivity index (χ0n) is 9.34. The molecule has 0 aliphatic heterocycles. The van der Waals surface area contributed by atoms with E-state index in [0.717, 1.165) is 11.0 Å². The average Bonchev–Trinajstić information content (AvgIpc) is 2.32. The van der Waals surface area contributed by atoms with Crippen LogP contribution in [-0.2, 0) is 0 Å². The van der Waals surface area contributed by atoms with Crippen LogP contribution in [0.3, 0.4) is 0 Å². The fraction of sp³-hybridized carbons (Fsp3) is 0.273. The standard InChI is InChI=1S/C11H10BrClFN3/c1-3-17(2)10-8-6(12)4-5-7(14)9(8)15-11(13)16-10/h4-5H,3H2,1-2H3. The molecule has 0 atom stereocenters. The monoisotopic (exact) mass is 317 g/mol. The van der Waals surface area contributed by atoms with Crippen LogP contribution in [0.1, 0.15) is 6.92 Å². The zero-order chi connectivity index (χ0) is 12.6. The van der Waals surface area contributed by atoms with Gasteiger partial charge >= 0.3 is 0 Å². The second kappa shape index (κ2) is 4.74. The summed E-state index contributed by atoms with van der Waals surface area (Å²) in [6, 6.07) is 2.99. The molecule has 1 aromatic carbocycles. The molecular formula is C11H10BrClFN3. The highest BCUT2D eigenvalue weighted by molar-refractivity contribution is 9.10. The van der Waals surface area contributed by atoms with E-state index in [9.17, 15) is 4.39 Å². The Bertz CT molecular complexity index is 576. The summed E-state index contributed by atoms with van der Waals surface area (Å²) in [5.74, 6) is 0.215. The minimum Gasteiger partial charge on any atom is -0.359 e. The van der Waals surface area contributed by atoms with Gasteiger partial charge in [0.15, 0.2) is 0 Å². The maximum atomic E-state index is 13.7. The SMILES string of the molecule is CCN(C)c1nc(Cl)nc2c(F)ccc(Br)c12. The van der Waals surface area contributed by atoms with Crippen molar-refractivity contribution in [2.45, 2.75) is 6.92 Å². The lowest BCUT2D eigenvalue weighted by Crippen LogP contribution is -2.18. The van der Waals surface area contributed by atoms with Crippen LogP contribution in [0.4, 0.5) is 10.2 Å². The summed E-state index contributed by atoms with van der Waals surface area (Å²) in [6.45, 7) is 2.72. The summed E-state index contributed by atoms with van der Waals surface area (Å²) in [4.78, 5) is 9.98. The fourth-order valence-corrected chi connectivity index (χ4v) is 2.21. The van der Waals surface area contributed by atoms with Crippen LogP contribution in [0, 0.1) is 5.82 Å². The fourth-order valence-electron chi connectivity index (χ4n) is 1.55. The molecule has 0 saturated heterocycles. The summed E-state index contributed by atoms with van der Waals surface area (Å²) in [6.07, 6.45) is 0. The van der Waals surface area contributed by atoms with Gasteiger partial charge in [-0.2, -0.15) is 4.98 Å². The van der Waals surface area contributed by atoms with Gasteiger partial charge in [0.05, 0.1) is 5.39 Å². The Balaban J connectivity index is 2.87. The molecule has 1 heterocycles. The predicted molar refractivity (Wildman–Crippen MR) is 71.2 cm³/mol. The summed E-state index contributed by atoms with van der Waals surface area (Å²) in [5.41, 5.74) is 0.231. The molecule has 1 aromatic heterocycles. The second-order valence-corrected chi connectivity index (χ2v) is 4.78. The number of hydrogen-bond acceptors (Lipinski definition) is 3. The van der Waals surface area contributed by atoms with Crippen LogP contribution in [0.2, 0.25) is 5.28 Å². The van der Waals surface area contributed by atoms with Gasteiger partial charge in [-0.05, 0) is 46.6 Å². The number of fused-ring (bicyclic) bond motifs is 1. The van der Waals surface area contributed by atoms with E-state index >= 15 is 0 Å². The van der Waals surface area contributed by atoms with Crippen molar-refractivity contribution in [2.75, 3.05) is 18.5 Å². The molecule has 0 amide bonds. The normalized spacial score (nSPS) is 10.9. The maximum Gasteiger partial charge on any atom is 0.225 e. The molecular weight excluding hydrogens is 308 g/mol. The minimum atomic E-state index is -0.404. The molecule has 2 rings (SSSR count). The average molecular weight is 319 g/mol. The van der Waals surface area contributed by atoms with Gasteiger partial charge in [0.2, 0.25) is 5.28 Å². The molecule has 3 nitrogen and oxygen atoms in total. The van der Waals surface area contributed by atoms with Crippen LogP contribution < -0.4 is 4.90 Å². The molecule has 0 saturated carbocycles. The van der Waals surface area contributed by atoms with Crippen LogP contribution >= 0.6 is 27.5 Å². The number of anilines is 1. The van der Waals surface area contributed by atoms with Crippen molar-refractivity contribution >= 4 is 44.3 Å². The minimum absolute atomic E-state index is 0.0461. The van der Waals surface area contributed by atoms with Crippen molar-refractivity contribution in [1.82, 2.24) is 9.97 Å². The van der Waals surface area contributed by atoms with Gasteiger partial charge < -0.3 is 4.90 Å². The van der Waals surface area contributed by atoms with Crippen LogP contribution in [0.25, 0.3) is 10.9 Å². The van der Waals surface area contributed by atoms with E-state index in [-0.39, 0.29) is 10.8 Å². The van der Waals surface area contributed by atoms with E-state index in [1.165, 1.54) is 6.07 Å². The van der Waals surface area contributed by atoms with Crippen molar-refractivity contribution in [3.63, 3.8) is 0 Å². The van der Waals surface area contributed by atoms with E-state index < -0.39 is 5.82 Å². The van der Waals surface area contributed by atoms with Crippen molar-refractivity contribution in [1.29, 1.82) is 0 Å².